The van der Waals surface area contributed by atoms with Crippen molar-refractivity contribution in [2.75, 3.05) is 30.3 Å². The second-order valence-electron chi connectivity index (χ2n) is 8.37. The van der Waals surface area contributed by atoms with Crippen LogP contribution in [0.1, 0.15) is 24.1 Å². The van der Waals surface area contributed by atoms with Crippen LogP contribution in [0, 0.1) is 25.6 Å². The van der Waals surface area contributed by atoms with E-state index in [1.165, 1.54) is 12.1 Å². The number of halogens is 1. The van der Waals surface area contributed by atoms with Gasteiger partial charge in [0.15, 0.2) is 0 Å². The van der Waals surface area contributed by atoms with Gasteiger partial charge in [-0.3, -0.25) is 14.5 Å². The number of nitrogens with one attached hydrogen (secondary N) is 2. The van der Waals surface area contributed by atoms with Crippen LogP contribution in [-0.2, 0) is 9.59 Å². The third-order valence-electron chi connectivity index (χ3n) is 5.66. The zero-order valence-corrected chi connectivity index (χ0v) is 18.7. The number of rotatable bonds is 6. The summed E-state index contributed by atoms with van der Waals surface area (Å²) in [5.74, 6) is 0.457. The minimum atomic E-state index is -0.333. The first-order valence-electron chi connectivity index (χ1n) is 11.0. The second kappa shape index (κ2) is 9.91. The van der Waals surface area contributed by atoms with Crippen LogP contribution in [0.2, 0.25) is 0 Å². The number of aryl methyl sites for hydroxylation is 2. The third kappa shape index (κ3) is 5.81. The largest absolute Gasteiger partial charge is 0.310 e. The molecule has 8 nitrogen and oxygen atoms in total. The first-order valence-corrected chi connectivity index (χ1v) is 11.0. The number of hydrogen-bond acceptors (Lipinski definition) is 5. The smallest absolute Gasteiger partial charge is 0.239 e. The van der Waals surface area contributed by atoms with Gasteiger partial charge in [0.2, 0.25) is 11.8 Å². The number of piperidine rings is 1. The minimum Gasteiger partial charge on any atom is -0.310 e. The van der Waals surface area contributed by atoms with Gasteiger partial charge in [-0.25, -0.2) is 14.1 Å². The number of hydrogen-bond donors (Lipinski definition) is 2. The quantitative estimate of drug-likeness (QED) is 0.601. The number of carbonyl (C=O) groups excluding carboxylic acids is 2. The maximum absolute atomic E-state index is 13.2. The molecule has 9 heteroatoms. The number of anilines is 2. The zero-order chi connectivity index (χ0) is 23.4. The molecule has 0 aliphatic carbocycles. The van der Waals surface area contributed by atoms with Crippen molar-refractivity contribution in [3.8, 4) is 5.69 Å². The lowest BCUT2D eigenvalue weighted by Crippen LogP contribution is -2.42. The molecule has 172 valence electrons. The van der Waals surface area contributed by atoms with Crippen molar-refractivity contribution in [2.45, 2.75) is 26.7 Å². The molecular formula is C24H27FN6O2. The summed E-state index contributed by atoms with van der Waals surface area (Å²) in [7, 11) is 0. The Morgan fingerprint density at radius 2 is 1.79 bits per heavy atom. The zero-order valence-electron chi connectivity index (χ0n) is 18.7. The Balaban J connectivity index is 1.29. The minimum absolute atomic E-state index is 0.0332. The molecule has 3 aromatic rings. The van der Waals surface area contributed by atoms with E-state index in [1.807, 2.05) is 24.8 Å². The van der Waals surface area contributed by atoms with Gasteiger partial charge in [0, 0.05) is 18.2 Å². The van der Waals surface area contributed by atoms with Gasteiger partial charge in [-0.2, -0.15) is 5.10 Å². The van der Waals surface area contributed by atoms with E-state index in [0.29, 0.717) is 43.3 Å². The molecule has 2 N–H and O–H groups in total. The fraction of sp³-hybridized carbons (Fsp3) is 0.333. The van der Waals surface area contributed by atoms with Crippen LogP contribution in [0.5, 0.6) is 0 Å². The van der Waals surface area contributed by atoms with Crippen LogP contribution in [0.3, 0.4) is 0 Å². The van der Waals surface area contributed by atoms with E-state index in [2.05, 4.69) is 20.7 Å². The van der Waals surface area contributed by atoms with Crippen molar-refractivity contribution in [2.24, 2.45) is 5.92 Å². The molecule has 0 saturated carbocycles. The topological polar surface area (TPSA) is 92.2 Å². The summed E-state index contributed by atoms with van der Waals surface area (Å²) in [6.45, 7) is 5.31. The monoisotopic (exact) mass is 450 g/mol. The highest BCUT2D eigenvalue weighted by atomic mass is 19.1. The van der Waals surface area contributed by atoms with E-state index in [1.54, 1.807) is 35.1 Å². The van der Waals surface area contributed by atoms with Crippen LogP contribution >= 0.6 is 0 Å². The van der Waals surface area contributed by atoms with Gasteiger partial charge < -0.3 is 10.6 Å². The Kier molecular flexibility index (Phi) is 6.79. The molecule has 2 aromatic heterocycles. The Hall–Kier alpha value is -3.59. The summed E-state index contributed by atoms with van der Waals surface area (Å²) in [5.41, 5.74) is 2.44. The maximum atomic E-state index is 13.2. The van der Waals surface area contributed by atoms with Crippen LogP contribution < -0.4 is 10.6 Å². The average Bonchev–Trinajstić information content (AvgIpc) is 3.16. The highest BCUT2D eigenvalue weighted by Crippen LogP contribution is 2.20. The van der Waals surface area contributed by atoms with Crippen molar-refractivity contribution in [3.05, 3.63) is 65.7 Å². The molecule has 0 atom stereocenters. The SMILES string of the molecule is Cc1ccc(NC(=O)C2CCN(CC(=O)Nc3cc(C)nn3-c3ccc(F)cc3)CC2)nc1. The molecule has 0 unspecified atom stereocenters. The molecule has 1 fully saturated rings. The van der Waals surface area contributed by atoms with Crippen LogP contribution in [0.4, 0.5) is 16.0 Å². The molecule has 1 saturated heterocycles. The molecule has 4 rings (SSSR count). The van der Waals surface area contributed by atoms with Crippen LogP contribution in [0.25, 0.3) is 5.69 Å². The summed E-state index contributed by atoms with van der Waals surface area (Å²) >= 11 is 0. The van der Waals surface area contributed by atoms with E-state index < -0.39 is 0 Å². The summed E-state index contributed by atoms with van der Waals surface area (Å²) in [6.07, 6.45) is 3.08. The van der Waals surface area contributed by atoms with E-state index >= 15 is 0 Å². The van der Waals surface area contributed by atoms with Crippen molar-refractivity contribution >= 4 is 23.5 Å². The van der Waals surface area contributed by atoms with Gasteiger partial charge in [-0.15, -0.1) is 0 Å². The van der Waals surface area contributed by atoms with Gasteiger partial charge in [0.05, 0.1) is 17.9 Å². The lowest BCUT2D eigenvalue weighted by Gasteiger charge is -2.30. The van der Waals surface area contributed by atoms with Crippen molar-refractivity contribution in [1.82, 2.24) is 19.7 Å². The van der Waals surface area contributed by atoms with Crippen LogP contribution in [0.15, 0.2) is 48.7 Å². The lowest BCUT2D eigenvalue weighted by molar-refractivity contribution is -0.121. The molecule has 33 heavy (non-hydrogen) atoms. The van der Waals surface area contributed by atoms with E-state index in [9.17, 15) is 14.0 Å². The Morgan fingerprint density at radius 3 is 2.45 bits per heavy atom. The van der Waals surface area contributed by atoms with Crippen molar-refractivity contribution in [3.63, 3.8) is 0 Å². The van der Waals surface area contributed by atoms with Crippen LogP contribution in [-0.4, -0.2) is 51.1 Å². The number of amides is 2. The summed E-state index contributed by atoms with van der Waals surface area (Å²) < 4.78 is 14.8. The van der Waals surface area contributed by atoms with Gasteiger partial charge in [0.1, 0.15) is 17.5 Å². The highest BCUT2D eigenvalue weighted by molar-refractivity contribution is 5.92. The van der Waals surface area contributed by atoms with Gasteiger partial charge >= 0.3 is 0 Å². The third-order valence-corrected chi connectivity index (χ3v) is 5.66. The first-order chi connectivity index (χ1) is 15.9. The standard InChI is InChI=1S/C24H27FN6O2/c1-16-3-8-21(26-14-16)27-24(33)18-9-11-30(12-10-18)15-23(32)28-22-13-17(2)29-31(22)20-6-4-19(25)5-7-20/h3-8,13-14,18H,9-12,15H2,1-2H3,(H,28,32)(H,26,27,33). The Labute approximate surface area is 191 Å². The predicted molar refractivity (Wildman–Crippen MR) is 124 cm³/mol. The normalized spacial score (nSPS) is 14.8. The Morgan fingerprint density at radius 1 is 1.06 bits per heavy atom. The van der Waals surface area contributed by atoms with E-state index in [4.69, 9.17) is 0 Å². The molecule has 0 spiro atoms. The molecule has 2 amide bonds. The number of carbonyl (C=O) groups is 2. The lowest BCUT2D eigenvalue weighted by atomic mass is 9.96. The number of likely N-dealkylation sites (tertiary alicyclic amines) is 1. The summed E-state index contributed by atoms with van der Waals surface area (Å²) in [5, 5.41) is 10.2. The Bertz CT molecular complexity index is 1120. The molecule has 3 heterocycles. The summed E-state index contributed by atoms with van der Waals surface area (Å²) in [6, 6.07) is 11.4. The molecule has 1 aliphatic heterocycles. The van der Waals surface area contributed by atoms with Crippen molar-refractivity contribution in [1.29, 1.82) is 0 Å². The fourth-order valence-electron chi connectivity index (χ4n) is 3.88. The molecule has 0 bridgehead atoms. The number of nitrogens with zero attached hydrogens (tertiary/aromatic N) is 4. The van der Waals surface area contributed by atoms with E-state index in [-0.39, 0.29) is 30.1 Å². The average molecular weight is 451 g/mol. The number of aromatic nitrogens is 3. The number of pyridine rings is 1. The first kappa shape index (κ1) is 22.6. The van der Waals surface area contributed by atoms with Gasteiger partial charge in [0.25, 0.3) is 0 Å². The molecule has 1 aromatic carbocycles. The summed E-state index contributed by atoms with van der Waals surface area (Å²) in [4.78, 5) is 31.5. The molecule has 0 radical (unpaired) electrons. The van der Waals surface area contributed by atoms with E-state index in [0.717, 1.165) is 11.3 Å². The fourth-order valence-corrected chi connectivity index (χ4v) is 3.88. The molecule has 1 aliphatic rings. The van der Waals surface area contributed by atoms with Gasteiger partial charge in [-0.1, -0.05) is 6.07 Å². The second-order valence-corrected chi connectivity index (χ2v) is 8.37. The highest BCUT2D eigenvalue weighted by Gasteiger charge is 2.26. The van der Waals surface area contributed by atoms with Gasteiger partial charge in [-0.05, 0) is 75.7 Å². The van der Waals surface area contributed by atoms with Crippen molar-refractivity contribution < 1.29 is 14.0 Å². The number of benzene rings is 1. The predicted octanol–water partition coefficient (Wildman–Crippen LogP) is 3.31. The maximum Gasteiger partial charge on any atom is 0.239 e. The molecular weight excluding hydrogens is 423 g/mol.